The molecular formula is C16H19N3OS2. The van der Waals surface area contributed by atoms with Gasteiger partial charge in [-0.25, -0.2) is 4.98 Å². The Hall–Kier alpha value is -1.53. The van der Waals surface area contributed by atoms with E-state index in [9.17, 15) is 4.79 Å². The summed E-state index contributed by atoms with van der Waals surface area (Å²) in [7, 11) is 0. The first-order valence-electron chi connectivity index (χ1n) is 7.46. The van der Waals surface area contributed by atoms with Gasteiger partial charge in [0.2, 0.25) is 5.91 Å². The molecule has 0 radical (unpaired) electrons. The van der Waals surface area contributed by atoms with Gasteiger partial charge in [-0.3, -0.25) is 4.79 Å². The number of aromatic nitrogens is 1. The van der Waals surface area contributed by atoms with Crippen LogP contribution >= 0.6 is 23.1 Å². The third kappa shape index (κ3) is 3.62. The Labute approximate surface area is 138 Å². The summed E-state index contributed by atoms with van der Waals surface area (Å²) in [5.41, 5.74) is 7.91. The molecule has 0 saturated carbocycles. The molecule has 4 nitrogen and oxygen atoms in total. The van der Waals surface area contributed by atoms with Crippen molar-refractivity contribution >= 4 is 34.0 Å². The van der Waals surface area contributed by atoms with Gasteiger partial charge >= 0.3 is 0 Å². The number of piperidine rings is 1. The average molecular weight is 333 g/mol. The van der Waals surface area contributed by atoms with Crippen LogP contribution in [0.4, 0.5) is 5.00 Å². The van der Waals surface area contributed by atoms with Crippen molar-refractivity contribution in [3.8, 4) is 11.3 Å². The number of anilines is 1. The smallest absolute Gasteiger partial charge is 0.233 e. The number of nitrogen functional groups attached to an aromatic ring is 1. The summed E-state index contributed by atoms with van der Waals surface area (Å²) >= 11 is 2.94. The molecule has 1 aromatic carbocycles. The lowest BCUT2D eigenvalue weighted by atomic mass is 10.1. The van der Waals surface area contributed by atoms with Crippen molar-refractivity contribution in [3.05, 3.63) is 30.3 Å². The van der Waals surface area contributed by atoms with Crippen LogP contribution in [-0.2, 0) is 4.79 Å². The SMILES string of the molecule is Nc1sc(SCC(=O)N2CCCCC2)nc1-c1ccccc1. The van der Waals surface area contributed by atoms with Crippen LogP contribution in [0.3, 0.4) is 0 Å². The van der Waals surface area contributed by atoms with Crippen molar-refractivity contribution in [2.24, 2.45) is 0 Å². The summed E-state index contributed by atoms with van der Waals surface area (Å²) in [5, 5.41) is 0.708. The maximum Gasteiger partial charge on any atom is 0.233 e. The molecule has 1 aromatic heterocycles. The Balaban J connectivity index is 1.63. The molecule has 1 aliphatic heterocycles. The number of nitrogens with two attached hydrogens (primary N) is 1. The van der Waals surface area contributed by atoms with Crippen LogP contribution in [0.5, 0.6) is 0 Å². The number of thioether (sulfide) groups is 1. The number of hydrogen-bond donors (Lipinski definition) is 1. The maximum atomic E-state index is 12.2. The Kier molecular flexibility index (Phi) is 5.00. The lowest BCUT2D eigenvalue weighted by Gasteiger charge is -2.26. The van der Waals surface area contributed by atoms with E-state index in [4.69, 9.17) is 5.73 Å². The van der Waals surface area contributed by atoms with Crippen LogP contribution in [0.15, 0.2) is 34.7 Å². The molecular weight excluding hydrogens is 314 g/mol. The van der Waals surface area contributed by atoms with Gasteiger partial charge < -0.3 is 10.6 Å². The highest BCUT2D eigenvalue weighted by Gasteiger charge is 2.18. The van der Waals surface area contributed by atoms with E-state index < -0.39 is 0 Å². The fourth-order valence-electron chi connectivity index (χ4n) is 2.53. The highest BCUT2D eigenvalue weighted by Crippen LogP contribution is 2.35. The molecule has 1 aliphatic rings. The van der Waals surface area contributed by atoms with E-state index in [-0.39, 0.29) is 5.91 Å². The second kappa shape index (κ2) is 7.15. The highest BCUT2D eigenvalue weighted by atomic mass is 32.2. The normalized spacial score (nSPS) is 15.0. The number of nitrogens with zero attached hydrogens (tertiary/aromatic N) is 2. The van der Waals surface area contributed by atoms with Crippen molar-refractivity contribution < 1.29 is 4.79 Å². The predicted molar refractivity (Wildman–Crippen MR) is 93.1 cm³/mol. The van der Waals surface area contributed by atoms with Crippen LogP contribution in [-0.4, -0.2) is 34.6 Å². The van der Waals surface area contributed by atoms with Crippen molar-refractivity contribution in [1.82, 2.24) is 9.88 Å². The van der Waals surface area contributed by atoms with Gasteiger partial charge in [0, 0.05) is 18.7 Å². The molecule has 3 rings (SSSR count). The van der Waals surface area contributed by atoms with E-state index in [1.54, 1.807) is 0 Å². The molecule has 1 fully saturated rings. The molecule has 6 heteroatoms. The number of hydrogen-bond acceptors (Lipinski definition) is 5. The van der Waals surface area contributed by atoms with Crippen molar-refractivity contribution in [3.63, 3.8) is 0 Å². The molecule has 0 unspecified atom stereocenters. The zero-order valence-corrected chi connectivity index (χ0v) is 14.0. The van der Waals surface area contributed by atoms with E-state index in [0.29, 0.717) is 10.8 Å². The Morgan fingerprint density at radius 1 is 1.23 bits per heavy atom. The Morgan fingerprint density at radius 2 is 1.95 bits per heavy atom. The molecule has 2 aromatic rings. The lowest BCUT2D eigenvalue weighted by molar-refractivity contribution is -0.129. The van der Waals surface area contributed by atoms with Crippen molar-refractivity contribution in [1.29, 1.82) is 0 Å². The number of carbonyl (C=O) groups is 1. The van der Waals surface area contributed by atoms with Gasteiger partial charge in [0.25, 0.3) is 0 Å². The largest absolute Gasteiger partial charge is 0.389 e. The lowest BCUT2D eigenvalue weighted by Crippen LogP contribution is -2.36. The topological polar surface area (TPSA) is 59.2 Å². The van der Waals surface area contributed by atoms with E-state index in [1.807, 2.05) is 35.2 Å². The quantitative estimate of drug-likeness (QED) is 0.870. The summed E-state index contributed by atoms with van der Waals surface area (Å²) < 4.78 is 0.863. The fourth-order valence-corrected chi connectivity index (χ4v) is 4.39. The first-order valence-corrected chi connectivity index (χ1v) is 9.26. The standard InChI is InChI=1S/C16H19N3OS2/c17-15-14(12-7-3-1-4-8-12)18-16(22-15)21-11-13(20)19-9-5-2-6-10-19/h1,3-4,7-8H,2,5-6,9-11,17H2. The number of likely N-dealkylation sites (tertiary alicyclic amines) is 1. The van der Waals surface area contributed by atoms with Crippen molar-refractivity contribution in [2.45, 2.75) is 23.6 Å². The molecule has 2 heterocycles. The minimum atomic E-state index is 0.208. The first kappa shape index (κ1) is 15.4. The maximum absolute atomic E-state index is 12.2. The molecule has 1 amide bonds. The highest BCUT2D eigenvalue weighted by molar-refractivity contribution is 8.01. The van der Waals surface area contributed by atoms with E-state index in [0.717, 1.165) is 41.5 Å². The van der Waals surface area contributed by atoms with Gasteiger partial charge in [-0.05, 0) is 19.3 Å². The molecule has 116 valence electrons. The van der Waals surface area contributed by atoms with Crippen LogP contribution in [0.2, 0.25) is 0 Å². The van der Waals surface area contributed by atoms with Crippen LogP contribution < -0.4 is 5.73 Å². The number of rotatable bonds is 4. The average Bonchev–Trinajstić information content (AvgIpc) is 2.95. The molecule has 0 spiro atoms. The van der Waals surface area contributed by atoms with Gasteiger partial charge in [-0.1, -0.05) is 53.4 Å². The third-order valence-electron chi connectivity index (χ3n) is 3.71. The molecule has 0 bridgehead atoms. The predicted octanol–water partition coefficient (Wildman–Crippen LogP) is 3.50. The number of benzene rings is 1. The van der Waals surface area contributed by atoms with Crippen molar-refractivity contribution in [2.75, 3.05) is 24.6 Å². The zero-order valence-electron chi connectivity index (χ0n) is 12.3. The molecule has 0 atom stereocenters. The molecule has 0 aliphatic carbocycles. The van der Waals surface area contributed by atoms with E-state index >= 15 is 0 Å². The fraction of sp³-hybridized carbons (Fsp3) is 0.375. The summed E-state index contributed by atoms with van der Waals surface area (Å²) in [5.74, 6) is 0.654. The van der Waals surface area contributed by atoms with Gasteiger partial charge in [0.15, 0.2) is 4.34 Å². The molecule has 1 saturated heterocycles. The van der Waals surface area contributed by atoms with E-state index in [2.05, 4.69) is 4.98 Å². The second-order valence-corrected chi connectivity index (χ2v) is 7.54. The van der Waals surface area contributed by atoms with Crippen LogP contribution in [0.1, 0.15) is 19.3 Å². The van der Waals surface area contributed by atoms with Gasteiger partial charge in [-0.15, -0.1) is 0 Å². The minimum Gasteiger partial charge on any atom is -0.389 e. The second-order valence-electron chi connectivity index (χ2n) is 5.29. The summed E-state index contributed by atoms with van der Waals surface area (Å²) in [4.78, 5) is 18.7. The summed E-state index contributed by atoms with van der Waals surface area (Å²) in [6.45, 7) is 1.79. The Morgan fingerprint density at radius 3 is 2.68 bits per heavy atom. The number of amides is 1. The van der Waals surface area contributed by atoms with Gasteiger partial charge in [-0.2, -0.15) is 0 Å². The number of carbonyl (C=O) groups excluding carboxylic acids is 1. The zero-order chi connectivity index (χ0) is 15.4. The third-order valence-corrected chi connectivity index (χ3v) is 5.72. The van der Waals surface area contributed by atoms with Crippen LogP contribution in [0.25, 0.3) is 11.3 Å². The van der Waals surface area contributed by atoms with Crippen LogP contribution in [0, 0.1) is 0 Å². The minimum absolute atomic E-state index is 0.208. The Bertz CT molecular complexity index is 636. The summed E-state index contributed by atoms with van der Waals surface area (Å²) in [6, 6.07) is 9.91. The number of thiazole rings is 1. The van der Waals surface area contributed by atoms with E-state index in [1.165, 1.54) is 29.5 Å². The van der Waals surface area contributed by atoms with Gasteiger partial charge in [0.05, 0.1) is 5.75 Å². The molecule has 22 heavy (non-hydrogen) atoms. The summed E-state index contributed by atoms with van der Waals surface area (Å²) in [6.07, 6.45) is 3.48. The molecule has 2 N–H and O–H groups in total. The van der Waals surface area contributed by atoms with Gasteiger partial charge in [0.1, 0.15) is 10.7 Å². The monoisotopic (exact) mass is 333 g/mol. The first-order chi connectivity index (χ1) is 10.7.